The van der Waals surface area contributed by atoms with E-state index in [-0.39, 0.29) is 12.4 Å². The predicted molar refractivity (Wildman–Crippen MR) is 78.6 cm³/mol. The summed E-state index contributed by atoms with van der Waals surface area (Å²) in [6.45, 7) is 5.83. The molecule has 114 valence electrons. The topological polar surface area (TPSA) is 58.4 Å². The number of aromatic nitrogens is 2. The first kappa shape index (κ1) is 15.4. The molecule has 0 aliphatic heterocycles. The summed E-state index contributed by atoms with van der Waals surface area (Å²) in [5.74, 6) is -0.396. The zero-order valence-electron chi connectivity index (χ0n) is 12.3. The van der Waals surface area contributed by atoms with Gasteiger partial charge in [-0.3, -0.25) is 9.69 Å². The number of aryl methyl sites for hydroxylation is 1. The van der Waals surface area contributed by atoms with E-state index < -0.39 is 5.97 Å². The summed E-state index contributed by atoms with van der Waals surface area (Å²) in [6.07, 6.45) is 0.869. The molecule has 0 saturated heterocycles. The number of carboxylic acid groups (broad SMARTS) is 1. The first-order valence-corrected chi connectivity index (χ1v) is 7.14. The fourth-order valence-corrected chi connectivity index (χ4v) is 2.55. The molecule has 0 aliphatic carbocycles. The Morgan fingerprint density at radius 1 is 1.43 bits per heavy atom. The Morgan fingerprint density at radius 3 is 2.81 bits per heavy atom. The fraction of sp³-hybridized carbons (Fsp3) is 0.467. The zero-order valence-corrected chi connectivity index (χ0v) is 12.3. The molecule has 0 bridgehead atoms. The van der Waals surface area contributed by atoms with Gasteiger partial charge in [-0.05, 0) is 32.0 Å². The SMILES string of the molecule is CCCN(CC(=O)O)Cc1nc2cc(F)ccc2n1CC. The molecule has 0 unspecified atom stereocenters. The molecule has 0 aliphatic rings. The van der Waals surface area contributed by atoms with E-state index >= 15 is 0 Å². The Hall–Kier alpha value is -1.95. The van der Waals surface area contributed by atoms with Gasteiger partial charge in [0.2, 0.25) is 0 Å². The summed E-state index contributed by atoms with van der Waals surface area (Å²) in [5, 5.41) is 8.97. The minimum absolute atomic E-state index is 0.0187. The molecule has 0 spiro atoms. The van der Waals surface area contributed by atoms with E-state index in [1.54, 1.807) is 6.07 Å². The normalized spacial score (nSPS) is 11.4. The Balaban J connectivity index is 2.33. The van der Waals surface area contributed by atoms with Crippen molar-refractivity contribution in [2.45, 2.75) is 33.4 Å². The Kier molecular flexibility index (Phi) is 4.90. The van der Waals surface area contributed by atoms with Gasteiger partial charge in [-0.25, -0.2) is 9.37 Å². The molecule has 0 atom stereocenters. The molecular weight excluding hydrogens is 273 g/mol. The van der Waals surface area contributed by atoms with Crippen molar-refractivity contribution in [3.05, 3.63) is 29.8 Å². The molecule has 5 nitrogen and oxygen atoms in total. The van der Waals surface area contributed by atoms with Crippen molar-refractivity contribution in [1.29, 1.82) is 0 Å². The summed E-state index contributed by atoms with van der Waals surface area (Å²) in [7, 11) is 0. The molecule has 2 rings (SSSR count). The van der Waals surface area contributed by atoms with Gasteiger partial charge in [-0.1, -0.05) is 6.92 Å². The van der Waals surface area contributed by atoms with Crippen molar-refractivity contribution in [2.24, 2.45) is 0 Å². The van der Waals surface area contributed by atoms with Crippen LogP contribution in [-0.2, 0) is 17.9 Å². The van der Waals surface area contributed by atoms with Crippen LogP contribution in [0, 0.1) is 5.82 Å². The molecule has 6 heteroatoms. The first-order valence-electron chi connectivity index (χ1n) is 7.14. The third-order valence-electron chi connectivity index (χ3n) is 3.37. The van der Waals surface area contributed by atoms with E-state index in [9.17, 15) is 9.18 Å². The summed E-state index contributed by atoms with van der Waals surface area (Å²) < 4.78 is 15.3. The van der Waals surface area contributed by atoms with Crippen molar-refractivity contribution >= 4 is 17.0 Å². The van der Waals surface area contributed by atoms with Gasteiger partial charge in [-0.2, -0.15) is 0 Å². The van der Waals surface area contributed by atoms with Gasteiger partial charge in [0.05, 0.1) is 24.1 Å². The van der Waals surface area contributed by atoms with Gasteiger partial charge < -0.3 is 9.67 Å². The average molecular weight is 293 g/mol. The molecule has 0 radical (unpaired) electrons. The van der Waals surface area contributed by atoms with Crippen molar-refractivity contribution < 1.29 is 14.3 Å². The Labute approximate surface area is 123 Å². The zero-order chi connectivity index (χ0) is 15.4. The smallest absolute Gasteiger partial charge is 0.317 e. The van der Waals surface area contributed by atoms with Crippen LogP contribution < -0.4 is 0 Å². The number of imidazole rings is 1. The lowest BCUT2D eigenvalue weighted by Gasteiger charge is -2.19. The highest BCUT2D eigenvalue weighted by molar-refractivity contribution is 5.76. The number of rotatable bonds is 7. The number of benzene rings is 1. The van der Waals surface area contributed by atoms with Crippen LogP contribution in [0.5, 0.6) is 0 Å². The van der Waals surface area contributed by atoms with E-state index in [2.05, 4.69) is 4.98 Å². The average Bonchev–Trinajstić information content (AvgIpc) is 2.74. The molecule has 0 amide bonds. The van der Waals surface area contributed by atoms with Crippen LogP contribution in [0.25, 0.3) is 11.0 Å². The van der Waals surface area contributed by atoms with Gasteiger partial charge in [0.25, 0.3) is 0 Å². The number of carbonyl (C=O) groups is 1. The second kappa shape index (κ2) is 6.67. The maximum absolute atomic E-state index is 13.3. The van der Waals surface area contributed by atoms with Gasteiger partial charge in [-0.15, -0.1) is 0 Å². The number of aliphatic carboxylic acids is 1. The third-order valence-corrected chi connectivity index (χ3v) is 3.37. The highest BCUT2D eigenvalue weighted by Gasteiger charge is 2.15. The highest BCUT2D eigenvalue weighted by Crippen LogP contribution is 2.18. The van der Waals surface area contributed by atoms with Gasteiger partial charge in [0.15, 0.2) is 0 Å². The number of hydrogen-bond donors (Lipinski definition) is 1. The molecule has 21 heavy (non-hydrogen) atoms. The van der Waals surface area contributed by atoms with E-state index in [1.165, 1.54) is 12.1 Å². The fourth-order valence-electron chi connectivity index (χ4n) is 2.55. The Bertz CT molecular complexity index is 639. The minimum atomic E-state index is -0.853. The van der Waals surface area contributed by atoms with Crippen LogP contribution in [0.3, 0.4) is 0 Å². The Morgan fingerprint density at radius 2 is 2.19 bits per heavy atom. The lowest BCUT2D eigenvalue weighted by molar-refractivity contribution is -0.138. The first-order chi connectivity index (χ1) is 10.0. The van der Waals surface area contributed by atoms with Crippen molar-refractivity contribution in [2.75, 3.05) is 13.1 Å². The lowest BCUT2D eigenvalue weighted by Crippen LogP contribution is -2.31. The van der Waals surface area contributed by atoms with Crippen molar-refractivity contribution in [3.63, 3.8) is 0 Å². The molecule has 1 N–H and O–H groups in total. The molecule has 0 saturated carbocycles. The molecule has 1 heterocycles. The summed E-state index contributed by atoms with van der Waals surface area (Å²) >= 11 is 0. The number of halogens is 1. The van der Waals surface area contributed by atoms with Gasteiger partial charge >= 0.3 is 5.97 Å². The van der Waals surface area contributed by atoms with Crippen LogP contribution in [0.15, 0.2) is 18.2 Å². The quantitative estimate of drug-likeness (QED) is 0.852. The lowest BCUT2D eigenvalue weighted by atomic mass is 10.3. The number of carboxylic acids is 1. The van der Waals surface area contributed by atoms with E-state index in [0.717, 1.165) is 17.8 Å². The van der Waals surface area contributed by atoms with Crippen LogP contribution >= 0.6 is 0 Å². The second-order valence-electron chi connectivity index (χ2n) is 5.01. The summed E-state index contributed by atoms with van der Waals surface area (Å²) in [6, 6.07) is 4.54. The van der Waals surface area contributed by atoms with E-state index in [0.29, 0.717) is 25.2 Å². The van der Waals surface area contributed by atoms with Gasteiger partial charge in [0.1, 0.15) is 11.6 Å². The minimum Gasteiger partial charge on any atom is -0.480 e. The van der Waals surface area contributed by atoms with Crippen LogP contribution in [0.4, 0.5) is 4.39 Å². The number of nitrogens with zero attached hydrogens (tertiary/aromatic N) is 3. The summed E-state index contributed by atoms with van der Waals surface area (Å²) in [4.78, 5) is 17.2. The van der Waals surface area contributed by atoms with Gasteiger partial charge in [0, 0.05) is 12.6 Å². The molecule has 1 aromatic heterocycles. The second-order valence-corrected chi connectivity index (χ2v) is 5.01. The van der Waals surface area contributed by atoms with Crippen LogP contribution in [-0.4, -0.2) is 38.6 Å². The monoisotopic (exact) mass is 293 g/mol. The number of hydrogen-bond acceptors (Lipinski definition) is 3. The molecular formula is C15H20FN3O2. The van der Waals surface area contributed by atoms with Crippen molar-refractivity contribution in [3.8, 4) is 0 Å². The van der Waals surface area contributed by atoms with Crippen LogP contribution in [0.2, 0.25) is 0 Å². The highest BCUT2D eigenvalue weighted by atomic mass is 19.1. The molecule has 1 aromatic carbocycles. The summed E-state index contributed by atoms with van der Waals surface area (Å²) in [5.41, 5.74) is 1.49. The maximum Gasteiger partial charge on any atom is 0.317 e. The predicted octanol–water partition coefficient (Wildman–Crippen LogP) is 2.49. The largest absolute Gasteiger partial charge is 0.480 e. The maximum atomic E-state index is 13.3. The van der Waals surface area contributed by atoms with Crippen molar-refractivity contribution in [1.82, 2.24) is 14.5 Å². The van der Waals surface area contributed by atoms with E-state index in [4.69, 9.17) is 5.11 Å². The molecule has 0 fully saturated rings. The third kappa shape index (κ3) is 3.58. The van der Waals surface area contributed by atoms with E-state index in [1.807, 2.05) is 23.3 Å². The number of fused-ring (bicyclic) bond motifs is 1. The van der Waals surface area contributed by atoms with Crippen LogP contribution in [0.1, 0.15) is 26.1 Å². The molecule has 2 aromatic rings. The standard InChI is InChI=1S/C15H20FN3O2/c1-3-7-18(10-15(20)21)9-14-17-12-8-11(16)5-6-13(12)19(14)4-2/h5-6,8H,3-4,7,9-10H2,1-2H3,(H,20,21).